The molecule has 3 aromatic rings. The van der Waals surface area contributed by atoms with E-state index >= 15 is 0 Å². The molecule has 32 heavy (non-hydrogen) atoms. The molecule has 1 fully saturated rings. The molecule has 0 radical (unpaired) electrons. The molecule has 0 aliphatic carbocycles. The molecule has 5 nitrogen and oxygen atoms in total. The minimum absolute atomic E-state index is 0.262. The molecule has 2 aromatic heterocycles. The quantitative estimate of drug-likeness (QED) is 0.491. The second-order valence-corrected chi connectivity index (χ2v) is 9.70. The van der Waals surface area contributed by atoms with Crippen molar-refractivity contribution in [2.45, 2.75) is 26.3 Å². The van der Waals surface area contributed by atoms with Crippen LogP contribution in [-0.4, -0.2) is 60.0 Å². The van der Waals surface area contributed by atoms with Crippen molar-refractivity contribution in [3.8, 4) is 0 Å². The third-order valence-electron chi connectivity index (χ3n) is 5.98. The van der Waals surface area contributed by atoms with Crippen molar-refractivity contribution in [1.82, 2.24) is 14.8 Å². The molecule has 1 aliphatic heterocycles. The number of hydrogen-bond donors (Lipinski definition) is 0. The van der Waals surface area contributed by atoms with Crippen LogP contribution in [0, 0.1) is 6.92 Å². The van der Waals surface area contributed by atoms with Crippen molar-refractivity contribution in [2.24, 2.45) is 0 Å². The molecule has 1 aliphatic rings. The van der Waals surface area contributed by atoms with Gasteiger partial charge >= 0.3 is 0 Å². The number of nitrogens with zero attached hydrogens (tertiary/aromatic N) is 4. The predicted molar refractivity (Wildman–Crippen MR) is 132 cm³/mol. The van der Waals surface area contributed by atoms with Crippen LogP contribution in [0.3, 0.4) is 0 Å². The summed E-state index contributed by atoms with van der Waals surface area (Å²) in [5.74, 6) is 1.26. The maximum Gasteiger partial charge on any atom is 0.223 e. The summed E-state index contributed by atoms with van der Waals surface area (Å²) in [6.45, 7) is 8.03. The molecule has 0 spiro atoms. The number of aryl methyl sites for hydroxylation is 1. The first kappa shape index (κ1) is 22.5. The maximum atomic E-state index is 12.9. The van der Waals surface area contributed by atoms with E-state index in [9.17, 15) is 4.79 Å². The highest BCUT2D eigenvalue weighted by atomic mass is 32.1. The average molecular weight is 449 g/mol. The van der Waals surface area contributed by atoms with Crippen LogP contribution in [0.2, 0.25) is 0 Å². The van der Waals surface area contributed by atoms with Crippen LogP contribution in [0.1, 0.15) is 21.7 Å². The summed E-state index contributed by atoms with van der Waals surface area (Å²) in [6.07, 6.45) is 3.40. The predicted octanol–water partition coefficient (Wildman–Crippen LogP) is 4.24. The monoisotopic (exact) mass is 448 g/mol. The van der Waals surface area contributed by atoms with Crippen molar-refractivity contribution in [3.05, 3.63) is 82.2 Å². The Morgan fingerprint density at radius 2 is 1.75 bits per heavy atom. The number of rotatable bonds is 9. The summed E-state index contributed by atoms with van der Waals surface area (Å²) in [5, 5.41) is 0. The van der Waals surface area contributed by atoms with E-state index in [1.54, 1.807) is 0 Å². The molecular formula is C26H32N4OS. The van der Waals surface area contributed by atoms with Crippen LogP contribution in [-0.2, 0) is 17.8 Å². The normalized spacial score (nSPS) is 14.2. The van der Waals surface area contributed by atoms with Crippen LogP contribution in [0.5, 0.6) is 0 Å². The highest BCUT2D eigenvalue weighted by Crippen LogP contribution is 2.18. The van der Waals surface area contributed by atoms with E-state index in [1.807, 2.05) is 40.6 Å². The van der Waals surface area contributed by atoms with Gasteiger partial charge < -0.3 is 9.80 Å². The zero-order valence-corrected chi connectivity index (χ0v) is 19.6. The Morgan fingerprint density at radius 1 is 0.969 bits per heavy atom. The zero-order valence-electron chi connectivity index (χ0n) is 18.8. The van der Waals surface area contributed by atoms with E-state index < -0.39 is 0 Å². The third-order valence-corrected chi connectivity index (χ3v) is 6.97. The Hall–Kier alpha value is -2.70. The summed E-state index contributed by atoms with van der Waals surface area (Å²) < 4.78 is 0. The number of amides is 1. The fourth-order valence-corrected chi connectivity index (χ4v) is 5.06. The summed E-state index contributed by atoms with van der Waals surface area (Å²) in [5.41, 5.74) is 1.34. The number of hydrogen-bond acceptors (Lipinski definition) is 5. The first-order valence-corrected chi connectivity index (χ1v) is 12.2. The van der Waals surface area contributed by atoms with Gasteiger partial charge in [-0.15, -0.1) is 11.3 Å². The van der Waals surface area contributed by atoms with Gasteiger partial charge in [0.15, 0.2) is 0 Å². The number of pyridine rings is 1. The van der Waals surface area contributed by atoms with Crippen LogP contribution in [0.4, 0.5) is 5.82 Å². The Morgan fingerprint density at radius 3 is 2.44 bits per heavy atom. The molecule has 0 saturated carbocycles. The Labute approximate surface area is 195 Å². The van der Waals surface area contributed by atoms with E-state index in [1.165, 1.54) is 15.3 Å². The molecule has 1 amide bonds. The van der Waals surface area contributed by atoms with Crippen molar-refractivity contribution in [2.75, 3.05) is 44.2 Å². The van der Waals surface area contributed by atoms with Crippen LogP contribution in [0.15, 0.2) is 66.9 Å². The standard InChI is InChI=1S/C26H32N4OS/c1-22-10-11-24(32-22)21-28(15-12-23-7-3-2-4-8-23)16-13-26(31)30-19-17-29(18-20-30)25-9-5-6-14-27-25/h2-11,14H,12-13,15-21H2,1H3. The summed E-state index contributed by atoms with van der Waals surface area (Å²) >= 11 is 1.85. The molecule has 3 heterocycles. The van der Waals surface area contributed by atoms with Gasteiger partial charge in [-0.25, -0.2) is 4.98 Å². The number of piperazine rings is 1. The van der Waals surface area contributed by atoms with Gasteiger partial charge in [-0.2, -0.15) is 0 Å². The Balaban J connectivity index is 1.29. The van der Waals surface area contributed by atoms with Gasteiger partial charge in [0.1, 0.15) is 5.82 Å². The maximum absolute atomic E-state index is 12.9. The van der Waals surface area contributed by atoms with E-state index in [2.05, 4.69) is 64.2 Å². The highest BCUT2D eigenvalue weighted by molar-refractivity contribution is 7.11. The summed E-state index contributed by atoms with van der Waals surface area (Å²) in [4.78, 5) is 26.8. The van der Waals surface area contributed by atoms with Crippen LogP contribution >= 0.6 is 11.3 Å². The highest BCUT2D eigenvalue weighted by Gasteiger charge is 2.22. The van der Waals surface area contributed by atoms with Gasteiger partial charge in [0.2, 0.25) is 5.91 Å². The zero-order chi connectivity index (χ0) is 22.2. The average Bonchev–Trinajstić information content (AvgIpc) is 3.26. The number of aromatic nitrogens is 1. The first-order valence-electron chi connectivity index (χ1n) is 11.4. The fourth-order valence-electron chi connectivity index (χ4n) is 4.13. The number of thiophene rings is 1. The van der Waals surface area contributed by atoms with E-state index in [4.69, 9.17) is 0 Å². The summed E-state index contributed by atoms with van der Waals surface area (Å²) in [6, 6.07) is 21.0. The lowest BCUT2D eigenvalue weighted by molar-refractivity contribution is -0.131. The molecule has 1 aromatic carbocycles. The topological polar surface area (TPSA) is 39.7 Å². The largest absolute Gasteiger partial charge is 0.353 e. The van der Waals surface area contributed by atoms with Crippen molar-refractivity contribution in [1.29, 1.82) is 0 Å². The lowest BCUT2D eigenvalue weighted by Crippen LogP contribution is -2.49. The van der Waals surface area contributed by atoms with Gasteiger partial charge in [-0.3, -0.25) is 9.69 Å². The minimum Gasteiger partial charge on any atom is -0.353 e. The number of benzene rings is 1. The lowest BCUT2D eigenvalue weighted by atomic mass is 10.1. The van der Waals surface area contributed by atoms with Crippen molar-refractivity contribution >= 4 is 23.1 Å². The Bertz CT molecular complexity index is 968. The smallest absolute Gasteiger partial charge is 0.223 e. The van der Waals surface area contributed by atoms with Crippen molar-refractivity contribution < 1.29 is 4.79 Å². The van der Waals surface area contributed by atoms with E-state index in [0.29, 0.717) is 6.42 Å². The molecular weight excluding hydrogens is 416 g/mol. The van der Waals surface area contributed by atoms with Gasteiger partial charge in [0.05, 0.1) is 0 Å². The van der Waals surface area contributed by atoms with E-state index in [-0.39, 0.29) is 5.91 Å². The Kier molecular flexibility index (Phi) is 7.91. The lowest BCUT2D eigenvalue weighted by Gasteiger charge is -2.35. The molecule has 0 unspecified atom stereocenters. The number of carbonyl (C=O) groups excluding carboxylic acids is 1. The number of anilines is 1. The minimum atomic E-state index is 0.262. The molecule has 1 saturated heterocycles. The second-order valence-electron chi connectivity index (χ2n) is 8.33. The van der Waals surface area contributed by atoms with Crippen LogP contribution < -0.4 is 4.90 Å². The van der Waals surface area contributed by atoms with E-state index in [0.717, 1.165) is 58.1 Å². The molecule has 0 N–H and O–H groups in total. The van der Waals surface area contributed by atoms with Gasteiger partial charge in [-0.05, 0) is 43.2 Å². The van der Waals surface area contributed by atoms with Gasteiger partial charge in [-0.1, -0.05) is 36.4 Å². The van der Waals surface area contributed by atoms with Crippen molar-refractivity contribution in [3.63, 3.8) is 0 Å². The molecule has 6 heteroatoms. The molecule has 4 rings (SSSR count). The SMILES string of the molecule is Cc1ccc(CN(CCC(=O)N2CCN(c3ccccn3)CC2)CCc2ccccc2)s1. The van der Waals surface area contributed by atoms with Crippen LogP contribution in [0.25, 0.3) is 0 Å². The molecule has 0 bridgehead atoms. The second kappa shape index (κ2) is 11.2. The molecule has 0 atom stereocenters. The third kappa shape index (κ3) is 6.40. The van der Waals surface area contributed by atoms with Gasteiger partial charge in [0, 0.05) is 68.2 Å². The number of carbonyl (C=O) groups is 1. The summed E-state index contributed by atoms with van der Waals surface area (Å²) in [7, 11) is 0. The van der Waals surface area contributed by atoms with Gasteiger partial charge in [0.25, 0.3) is 0 Å². The molecule has 168 valence electrons. The first-order chi connectivity index (χ1) is 15.7. The fraction of sp³-hybridized carbons (Fsp3) is 0.385.